The number of imide groups is 1. The molecule has 8 nitrogen and oxygen atoms in total. The van der Waals surface area contributed by atoms with Crippen LogP contribution in [0.4, 0.5) is 5.69 Å². The number of halogens is 2. The molecular weight excluding hydrogens is 592 g/mol. The Labute approximate surface area is 227 Å². The van der Waals surface area contributed by atoms with E-state index in [4.69, 9.17) is 21.1 Å². The number of hydrogen-bond donors (Lipinski definition) is 1. The standard InChI is InChI=1S/C24H18BrClN2O6S2/c1-2-33-16(29)10-34-15-8-5-12(26)9-14(15)17-18-20(35-21-19(17)36-24(32)27-21)23(31)28(22(18)30)13-6-3-11(25)4-7-13/h3-9,17-18,20H,2,10H2,1H3,(H,27,32). The molecule has 2 amide bonds. The van der Waals surface area contributed by atoms with E-state index in [1.165, 1.54) is 16.7 Å². The van der Waals surface area contributed by atoms with Gasteiger partial charge in [-0.2, -0.15) is 0 Å². The summed E-state index contributed by atoms with van der Waals surface area (Å²) in [7, 11) is 0. The van der Waals surface area contributed by atoms with Gasteiger partial charge in [0.15, 0.2) is 6.61 Å². The van der Waals surface area contributed by atoms with Gasteiger partial charge in [-0.25, -0.2) is 9.69 Å². The Morgan fingerprint density at radius 2 is 1.89 bits per heavy atom. The lowest BCUT2D eigenvalue weighted by Crippen LogP contribution is -2.32. The summed E-state index contributed by atoms with van der Waals surface area (Å²) in [6, 6.07) is 11.8. The summed E-state index contributed by atoms with van der Waals surface area (Å²) < 4.78 is 11.6. The fourth-order valence-electron chi connectivity index (χ4n) is 4.43. The van der Waals surface area contributed by atoms with Crippen LogP contribution < -0.4 is 14.5 Å². The highest BCUT2D eigenvalue weighted by molar-refractivity contribution is 9.10. The Bertz CT molecular complexity index is 1420. The average Bonchev–Trinajstić information content (AvgIpc) is 3.33. The van der Waals surface area contributed by atoms with Crippen LogP contribution in [0.3, 0.4) is 0 Å². The molecule has 12 heteroatoms. The van der Waals surface area contributed by atoms with Crippen molar-refractivity contribution in [1.29, 1.82) is 0 Å². The van der Waals surface area contributed by atoms with Gasteiger partial charge in [-0.05, 0) is 49.4 Å². The first-order chi connectivity index (χ1) is 17.3. The Hall–Kier alpha value is -2.60. The summed E-state index contributed by atoms with van der Waals surface area (Å²) in [5.41, 5.74) is 0.973. The first kappa shape index (κ1) is 25.1. The number of thioether (sulfide) groups is 1. The SMILES string of the molecule is CCOC(=O)COc1ccc(Cl)cc1C1c2sc(=O)[nH]c2SC2C(=O)N(c3ccc(Br)cc3)C(=O)C21. The van der Waals surface area contributed by atoms with Gasteiger partial charge in [-0.15, -0.1) is 0 Å². The molecule has 3 atom stereocenters. The number of aromatic nitrogens is 1. The van der Waals surface area contributed by atoms with Crippen molar-refractivity contribution in [1.82, 2.24) is 4.98 Å². The van der Waals surface area contributed by atoms with Gasteiger partial charge in [0.1, 0.15) is 11.0 Å². The Kier molecular flexibility index (Phi) is 6.99. The van der Waals surface area contributed by atoms with E-state index in [1.54, 1.807) is 49.4 Å². The number of fused-ring (bicyclic) bond motifs is 2. The fourth-order valence-corrected chi connectivity index (χ4v) is 7.38. The molecular formula is C24H18BrClN2O6S2. The minimum Gasteiger partial charge on any atom is -0.482 e. The van der Waals surface area contributed by atoms with Crippen LogP contribution in [-0.4, -0.2) is 41.2 Å². The second kappa shape index (κ2) is 10.0. The molecule has 2 aliphatic rings. The van der Waals surface area contributed by atoms with Crippen molar-refractivity contribution >= 4 is 74.1 Å². The molecule has 3 heterocycles. The van der Waals surface area contributed by atoms with Gasteiger partial charge in [0, 0.05) is 25.9 Å². The number of carbonyl (C=O) groups is 3. The van der Waals surface area contributed by atoms with Crippen LogP contribution >= 0.6 is 50.6 Å². The molecule has 2 aromatic carbocycles. The Morgan fingerprint density at radius 1 is 1.14 bits per heavy atom. The highest BCUT2D eigenvalue weighted by atomic mass is 79.9. The molecule has 3 aromatic rings. The number of nitrogens with one attached hydrogen (secondary N) is 1. The first-order valence-electron chi connectivity index (χ1n) is 10.9. The smallest absolute Gasteiger partial charge is 0.344 e. The minimum absolute atomic E-state index is 0.211. The molecule has 5 rings (SSSR count). The molecule has 0 aliphatic carbocycles. The molecule has 1 aromatic heterocycles. The summed E-state index contributed by atoms with van der Waals surface area (Å²) in [5, 5.41) is 0.154. The van der Waals surface area contributed by atoms with E-state index >= 15 is 0 Å². The van der Waals surface area contributed by atoms with Crippen molar-refractivity contribution in [2.75, 3.05) is 18.1 Å². The minimum atomic E-state index is -0.812. The van der Waals surface area contributed by atoms with E-state index in [0.29, 0.717) is 31.9 Å². The van der Waals surface area contributed by atoms with Gasteiger partial charge < -0.3 is 14.5 Å². The van der Waals surface area contributed by atoms with Gasteiger partial charge in [0.2, 0.25) is 11.8 Å². The highest BCUT2D eigenvalue weighted by Crippen LogP contribution is 2.54. The zero-order chi connectivity index (χ0) is 25.6. The van der Waals surface area contributed by atoms with E-state index in [1.807, 2.05) is 0 Å². The second-order valence-corrected chi connectivity index (χ2v) is 11.5. The van der Waals surface area contributed by atoms with Gasteiger partial charge in [-0.1, -0.05) is 50.6 Å². The number of aromatic amines is 1. The Balaban J connectivity index is 1.61. The molecule has 0 bridgehead atoms. The molecule has 0 saturated carbocycles. The van der Waals surface area contributed by atoms with Crippen LogP contribution in [0, 0.1) is 5.92 Å². The van der Waals surface area contributed by atoms with Gasteiger partial charge in [0.05, 0.1) is 23.2 Å². The van der Waals surface area contributed by atoms with Crippen molar-refractivity contribution in [3.8, 4) is 5.75 Å². The molecule has 3 unspecified atom stereocenters. The molecule has 1 N–H and O–H groups in total. The van der Waals surface area contributed by atoms with E-state index < -0.39 is 23.1 Å². The predicted octanol–water partition coefficient (Wildman–Crippen LogP) is 4.59. The van der Waals surface area contributed by atoms with E-state index in [-0.39, 0.29) is 29.9 Å². The third kappa shape index (κ3) is 4.49. The number of carbonyl (C=O) groups excluding carboxylic acids is 3. The summed E-state index contributed by atoms with van der Waals surface area (Å²) in [5.74, 6) is -2.48. The maximum atomic E-state index is 13.8. The van der Waals surface area contributed by atoms with Crippen molar-refractivity contribution < 1.29 is 23.9 Å². The number of esters is 1. The lowest BCUT2D eigenvalue weighted by molar-refractivity contribution is -0.145. The lowest BCUT2D eigenvalue weighted by Gasteiger charge is -2.31. The zero-order valence-corrected chi connectivity index (χ0v) is 22.6. The summed E-state index contributed by atoms with van der Waals surface area (Å²) in [6.07, 6.45) is 0. The summed E-state index contributed by atoms with van der Waals surface area (Å²) in [6.45, 7) is 1.56. The van der Waals surface area contributed by atoms with Crippen molar-refractivity contribution in [2.45, 2.75) is 23.1 Å². The van der Waals surface area contributed by atoms with Crippen LogP contribution in [0.15, 0.2) is 56.8 Å². The zero-order valence-electron chi connectivity index (χ0n) is 18.7. The van der Waals surface area contributed by atoms with Crippen LogP contribution in [0.5, 0.6) is 5.75 Å². The number of nitrogens with zero attached hydrogens (tertiary/aromatic N) is 1. The van der Waals surface area contributed by atoms with E-state index in [2.05, 4.69) is 20.9 Å². The number of hydrogen-bond acceptors (Lipinski definition) is 8. The van der Waals surface area contributed by atoms with Crippen LogP contribution in [0.25, 0.3) is 0 Å². The normalized spacial score (nSPS) is 20.8. The summed E-state index contributed by atoms with van der Waals surface area (Å²) >= 11 is 11.9. The number of rotatable bonds is 6. The summed E-state index contributed by atoms with van der Waals surface area (Å²) in [4.78, 5) is 55.9. The molecule has 2 aliphatic heterocycles. The molecule has 36 heavy (non-hydrogen) atoms. The van der Waals surface area contributed by atoms with Crippen LogP contribution in [0.2, 0.25) is 5.02 Å². The van der Waals surface area contributed by atoms with Gasteiger partial charge in [-0.3, -0.25) is 14.4 Å². The Morgan fingerprint density at radius 3 is 2.61 bits per heavy atom. The maximum absolute atomic E-state index is 13.8. The first-order valence-corrected chi connectivity index (χ1v) is 13.8. The number of ether oxygens (including phenoxy) is 2. The fraction of sp³-hybridized carbons (Fsp3) is 0.250. The van der Waals surface area contributed by atoms with Crippen molar-refractivity contribution in [3.05, 3.63) is 72.1 Å². The largest absolute Gasteiger partial charge is 0.482 e. The highest BCUT2D eigenvalue weighted by Gasteiger charge is 2.56. The molecule has 186 valence electrons. The lowest BCUT2D eigenvalue weighted by atomic mass is 9.82. The number of H-pyrrole nitrogens is 1. The number of benzene rings is 2. The molecule has 1 fully saturated rings. The van der Waals surface area contributed by atoms with Crippen LogP contribution in [0.1, 0.15) is 23.3 Å². The third-order valence-corrected chi connectivity index (χ3v) is 9.03. The van der Waals surface area contributed by atoms with Gasteiger partial charge >= 0.3 is 10.8 Å². The molecule has 0 radical (unpaired) electrons. The number of thiazole rings is 1. The average molecular weight is 610 g/mol. The van der Waals surface area contributed by atoms with Crippen molar-refractivity contribution in [2.24, 2.45) is 5.92 Å². The number of anilines is 1. The van der Waals surface area contributed by atoms with Crippen LogP contribution in [-0.2, 0) is 19.1 Å². The van der Waals surface area contributed by atoms with Crippen molar-refractivity contribution in [3.63, 3.8) is 0 Å². The monoisotopic (exact) mass is 608 g/mol. The van der Waals surface area contributed by atoms with E-state index in [9.17, 15) is 19.2 Å². The maximum Gasteiger partial charge on any atom is 0.344 e. The van der Waals surface area contributed by atoms with Gasteiger partial charge in [0.25, 0.3) is 0 Å². The predicted molar refractivity (Wildman–Crippen MR) is 140 cm³/mol. The second-order valence-electron chi connectivity index (χ2n) is 8.01. The number of amides is 2. The molecule has 0 spiro atoms. The molecule has 1 saturated heterocycles. The third-order valence-electron chi connectivity index (χ3n) is 5.87. The van der Waals surface area contributed by atoms with E-state index in [0.717, 1.165) is 15.8 Å². The quantitative estimate of drug-likeness (QED) is 0.322. The topological polar surface area (TPSA) is 106 Å².